The molecule has 8 nitrogen and oxygen atoms in total. The average Bonchev–Trinajstić information content (AvgIpc) is 2.97. The van der Waals surface area contributed by atoms with Crippen molar-refractivity contribution in [2.75, 3.05) is 6.54 Å². The first-order valence-corrected chi connectivity index (χ1v) is 9.72. The highest BCUT2D eigenvalue weighted by Gasteiger charge is 2.51. The number of nitrogens with zero attached hydrogens (tertiary/aromatic N) is 2. The van der Waals surface area contributed by atoms with Gasteiger partial charge in [0.15, 0.2) is 0 Å². The Morgan fingerprint density at radius 2 is 1.93 bits per heavy atom. The molecule has 1 fully saturated rings. The van der Waals surface area contributed by atoms with Crippen LogP contribution in [-0.2, 0) is 26.3 Å². The van der Waals surface area contributed by atoms with Crippen molar-refractivity contribution < 1.29 is 19.1 Å². The summed E-state index contributed by atoms with van der Waals surface area (Å²) in [6.45, 7) is 8.86. The molecule has 1 atom stereocenters. The molecule has 8 heteroatoms. The normalized spacial score (nSPS) is 21.1. The first-order chi connectivity index (χ1) is 13.5. The predicted molar refractivity (Wildman–Crippen MR) is 107 cm³/mol. The summed E-state index contributed by atoms with van der Waals surface area (Å²) >= 11 is 0. The number of ether oxygens (including phenoxy) is 1. The summed E-state index contributed by atoms with van der Waals surface area (Å²) in [6.07, 6.45) is -0.366. The zero-order chi connectivity index (χ0) is 21.1. The Kier molecular flexibility index (Phi) is 4.15. The van der Waals surface area contributed by atoms with Gasteiger partial charge in [-0.05, 0) is 46.2 Å². The van der Waals surface area contributed by atoms with Crippen molar-refractivity contribution in [1.82, 2.24) is 20.3 Å². The number of nitrogens with one attached hydrogen (secondary N) is 2. The van der Waals surface area contributed by atoms with Crippen LogP contribution in [0.15, 0.2) is 24.3 Å². The van der Waals surface area contributed by atoms with Gasteiger partial charge in [0, 0.05) is 23.0 Å². The number of benzene rings is 1. The van der Waals surface area contributed by atoms with Crippen molar-refractivity contribution >= 4 is 28.8 Å². The number of hydrogen-bond acceptors (Lipinski definition) is 4. The van der Waals surface area contributed by atoms with Crippen molar-refractivity contribution in [1.29, 1.82) is 0 Å². The number of rotatable bonds is 1. The van der Waals surface area contributed by atoms with Crippen LogP contribution in [0.3, 0.4) is 0 Å². The van der Waals surface area contributed by atoms with Gasteiger partial charge >= 0.3 is 6.09 Å². The molecule has 0 aliphatic carbocycles. The maximum atomic E-state index is 13.2. The lowest BCUT2D eigenvalue weighted by molar-refractivity contribution is -0.166. The van der Waals surface area contributed by atoms with Crippen LogP contribution in [0.5, 0.6) is 0 Å². The quantitative estimate of drug-likeness (QED) is 0.771. The lowest BCUT2D eigenvalue weighted by Crippen LogP contribution is -2.69. The van der Waals surface area contributed by atoms with Crippen molar-refractivity contribution in [3.63, 3.8) is 0 Å². The van der Waals surface area contributed by atoms with Gasteiger partial charge in [0.05, 0.1) is 5.54 Å². The molecule has 3 amide bonds. The van der Waals surface area contributed by atoms with Crippen molar-refractivity contribution in [2.45, 2.75) is 58.2 Å². The highest BCUT2D eigenvalue weighted by atomic mass is 16.6. The Bertz CT molecular complexity index is 1020. The first-order valence-electron chi connectivity index (χ1n) is 9.72. The Balaban J connectivity index is 1.68. The van der Waals surface area contributed by atoms with Crippen LogP contribution in [0, 0.1) is 0 Å². The fraction of sp³-hybridized carbons (Fsp3) is 0.476. The molecular weight excluding hydrogens is 372 g/mol. The number of aromatic nitrogens is 1. The molecule has 0 bridgehead atoms. The van der Waals surface area contributed by atoms with E-state index >= 15 is 0 Å². The van der Waals surface area contributed by atoms with Gasteiger partial charge in [0.2, 0.25) is 5.91 Å². The van der Waals surface area contributed by atoms with E-state index < -0.39 is 23.3 Å². The third-order valence-corrected chi connectivity index (χ3v) is 5.48. The smallest absolute Gasteiger partial charge is 0.426 e. The van der Waals surface area contributed by atoms with Crippen LogP contribution in [0.25, 0.3) is 10.9 Å². The number of H-pyrrole nitrogens is 1. The Morgan fingerprint density at radius 1 is 1.24 bits per heavy atom. The molecule has 4 rings (SSSR count). The van der Waals surface area contributed by atoms with Gasteiger partial charge in [-0.15, -0.1) is 0 Å². The molecule has 1 aromatic heterocycles. The van der Waals surface area contributed by atoms with Crippen LogP contribution >= 0.6 is 0 Å². The second kappa shape index (κ2) is 6.23. The van der Waals surface area contributed by atoms with E-state index in [1.165, 1.54) is 0 Å². The van der Waals surface area contributed by atoms with Gasteiger partial charge in [-0.2, -0.15) is 0 Å². The van der Waals surface area contributed by atoms with Crippen molar-refractivity contribution in [3.05, 3.63) is 35.5 Å². The zero-order valence-electron chi connectivity index (χ0n) is 17.3. The van der Waals surface area contributed by atoms with Gasteiger partial charge in [-0.1, -0.05) is 18.2 Å². The van der Waals surface area contributed by atoms with Gasteiger partial charge < -0.3 is 14.6 Å². The molecule has 29 heavy (non-hydrogen) atoms. The van der Waals surface area contributed by atoms with Gasteiger partial charge in [0.25, 0.3) is 5.91 Å². The number of hydrazine groups is 1. The monoisotopic (exact) mass is 398 g/mol. The second-order valence-electron chi connectivity index (χ2n) is 9.10. The zero-order valence-corrected chi connectivity index (χ0v) is 17.3. The molecule has 2 aliphatic heterocycles. The Morgan fingerprint density at radius 3 is 2.62 bits per heavy atom. The van der Waals surface area contributed by atoms with Crippen LogP contribution in [0.4, 0.5) is 4.79 Å². The average molecular weight is 398 g/mol. The minimum Gasteiger partial charge on any atom is -0.443 e. The molecule has 1 saturated heterocycles. The molecule has 0 radical (unpaired) electrons. The van der Waals surface area contributed by atoms with Crippen molar-refractivity contribution in [2.24, 2.45) is 0 Å². The fourth-order valence-corrected chi connectivity index (χ4v) is 4.39. The molecular formula is C21H26N4O4. The lowest BCUT2D eigenvalue weighted by atomic mass is 9.82. The van der Waals surface area contributed by atoms with E-state index in [4.69, 9.17) is 4.74 Å². The molecule has 0 saturated carbocycles. The number of amides is 3. The number of fused-ring (bicyclic) bond motifs is 4. The standard InChI is InChI=1S/C21H26N4O4/c1-20(2,3)29-19(28)23-24-11-16(26)25-15(18(24)27)10-13-12-8-6-7-9-14(12)22-17(13)21(25,4)5/h6-9,15,22H,10-11H2,1-5H3,(H,23,28). The number of aromatic amines is 1. The van der Waals surface area contributed by atoms with Gasteiger partial charge in [0.1, 0.15) is 18.2 Å². The number of para-hydroxylation sites is 1. The number of carbonyl (C=O) groups is 3. The molecule has 1 aromatic carbocycles. The first kappa shape index (κ1) is 19.3. The highest BCUT2D eigenvalue weighted by molar-refractivity contribution is 5.98. The van der Waals surface area contributed by atoms with E-state index in [-0.39, 0.29) is 18.4 Å². The number of piperazine rings is 1. The molecule has 2 N–H and O–H groups in total. The summed E-state index contributed by atoms with van der Waals surface area (Å²) in [5, 5.41) is 2.13. The van der Waals surface area contributed by atoms with Crippen LogP contribution in [-0.4, -0.2) is 51.0 Å². The maximum absolute atomic E-state index is 13.2. The minimum atomic E-state index is -0.755. The summed E-state index contributed by atoms with van der Waals surface area (Å²) in [7, 11) is 0. The van der Waals surface area contributed by atoms with E-state index in [0.29, 0.717) is 6.42 Å². The number of hydrogen-bond donors (Lipinski definition) is 2. The number of carbonyl (C=O) groups excluding carboxylic acids is 3. The predicted octanol–water partition coefficient (Wildman–Crippen LogP) is 2.44. The lowest BCUT2D eigenvalue weighted by Gasteiger charge is -2.50. The summed E-state index contributed by atoms with van der Waals surface area (Å²) in [4.78, 5) is 43.4. The summed E-state index contributed by atoms with van der Waals surface area (Å²) in [6, 6.07) is 7.23. The largest absolute Gasteiger partial charge is 0.443 e. The second-order valence-corrected chi connectivity index (χ2v) is 9.10. The molecule has 0 spiro atoms. The molecule has 1 unspecified atom stereocenters. The SMILES string of the molecule is CC(C)(C)OC(=O)NN1CC(=O)N2C(Cc3c([nH]c4ccccc34)C2(C)C)C1=O. The van der Waals surface area contributed by atoms with Gasteiger partial charge in [-0.3, -0.25) is 9.59 Å². The topological polar surface area (TPSA) is 94.7 Å². The Hall–Kier alpha value is -3.03. The van der Waals surface area contributed by atoms with Crippen LogP contribution < -0.4 is 5.43 Å². The highest BCUT2D eigenvalue weighted by Crippen LogP contribution is 2.42. The fourth-order valence-electron chi connectivity index (χ4n) is 4.39. The molecule has 2 aliphatic rings. The van der Waals surface area contributed by atoms with Crippen LogP contribution in [0.1, 0.15) is 45.9 Å². The Labute approximate surface area is 169 Å². The van der Waals surface area contributed by atoms with E-state index in [2.05, 4.69) is 10.4 Å². The minimum absolute atomic E-state index is 0.222. The van der Waals surface area contributed by atoms with Crippen molar-refractivity contribution in [3.8, 4) is 0 Å². The van der Waals surface area contributed by atoms with E-state index in [1.54, 1.807) is 25.7 Å². The molecule has 2 aromatic rings. The van der Waals surface area contributed by atoms with E-state index in [1.807, 2.05) is 38.1 Å². The summed E-state index contributed by atoms with van der Waals surface area (Å²) in [5.74, 6) is -0.542. The van der Waals surface area contributed by atoms with E-state index in [9.17, 15) is 14.4 Å². The molecule has 154 valence electrons. The van der Waals surface area contributed by atoms with E-state index in [0.717, 1.165) is 27.2 Å². The van der Waals surface area contributed by atoms with Crippen LogP contribution in [0.2, 0.25) is 0 Å². The molecule has 3 heterocycles. The third kappa shape index (κ3) is 3.12. The van der Waals surface area contributed by atoms with Gasteiger partial charge in [-0.25, -0.2) is 15.2 Å². The summed E-state index contributed by atoms with van der Waals surface area (Å²) < 4.78 is 5.23. The summed E-state index contributed by atoms with van der Waals surface area (Å²) in [5.41, 5.74) is 4.02. The third-order valence-electron chi connectivity index (χ3n) is 5.48. The maximum Gasteiger partial charge on any atom is 0.426 e.